The zero-order valence-electron chi connectivity index (χ0n) is 13.0. The summed E-state index contributed by atoms with van der Waals surface area (Å²) < 4.78 is 52.2. The highest BCUT2D eigenvalue weighted by molar-refractivity contribution is 5.60. The molecule has 0 aliphatic heterocycles. The molecule has 128 valence electrons. The molecule has 0 heterocycles. The SMILES string of the molecule is CCc1cc(C(O)(C(F)F)C(F)F)cc(CC)c1NCCC#N. The first-order valence-electron chi connectivity index (χ1n) is 7.38. The van der Waals surface area contributed by atoms with Crippen molar-refractivity contribution in [2.75, 3.05) is 11.9 Å². The Labute approximate surface area is 132 Å². The molecule has 0 radical (unpaired) electrons. The molecule has 1 aromatic rings. The van der Waals surface area contributed by atoms with Crippen LogP contribution in [0, 0.1) is 11.3 Å². The van der Waals surface area contributed by atoms with Crippen LogP contribution in [0.5, 0.6) is 0 Å². The van der Waals surface area contributed by atoms with Crippen LogP contribution in [-0.4, -0.2) is 24.5 Å². The molecule has 1 rings (SSSR count). The number of nitrogens with one attached hydrogen (secondary N) is 1. The van der Waals surface area contributed by atoms with Gasteiger partial charge in [-0.2, -0.15) is 5.26 Å². The summed E-state index contributed by atoms with van der Waals surface area (Å²) in [5.74, 6) is 0. The van der Waals surface area contributed by atoms with E-state index < -0.39 is 24.0 Å². The van der Waals surface area contributed by atoms with Gasteiger partial charge in [0.1, 0.15) is 0 Å². The van der Waals surface area contributed by atoms with E-state index in [4.69, 9.17) is 5.26 Å². The van der Waals surface area contributed by atoms with Crippen molar-refractivity contribution in [1.82, 2.24) is 0 Å². The lowest BCUT2D eigenvalue weighted by molar-refractivity contribution is -0.183. The number of rotatable bonds is 8. The smallest absolute Gasteiger partial charge is 0.276 e. The number of anilines is 1. The van der Waals surface area contributed by atoms with Crippen LogP contribution in [0.2, 0.25) is 0 Å². The molecule has 0 saturated heterocycles. The van der Waals surface area contributed by atoms with Crippen LogP contribution in [-0.2, 0) is 18.4 Å². The maximum atomic E-state index is 13.1. The van der Waals surface area contributed by atoms with Gasteiger partial charge in [-0.05, 0) is 29.5 Å². The molecule has 23 heavy (non-hydrogen) atoms. The Bertz CT molecular complexity index is 537. The van der Waals surface area contributed by atoms with Gasteiger partial charge < -0.3 is 10.4 Å². The van der Waals surface area contributed by atoms with Gasteiger partial charge in [0.05, 0.1) is 12.5 Å². The van der Waals surface area contributed by atoms with Crippen molar-refractivity contribution in [3.63, 3.8) is 0 Å². The molecule has 2 N–H and O–H groups in total. The maximum absolute atomic E-state index is 13.1. The van der Waals surface area contributed by atoms with E-state index in [9.17, 15) is 22.7 Å². The van der Waals surface area contributed by atoms with E-state index in [1.54, 1.807) is 13.8 Å². The molecule has 0 unspecified atom stereocenters. The third kappa shape index (κ3) is 3.94. The summed E-state index contributed by atoms with van der Waals surface area (Å²) in [6, 6.07) is 4.35. The van der Waals surface area contributed by atoms with Crippen molar-refractivity contribution in [3.05, 3.63) is 28.8 Å². The number of alkyl halides is 4. The van der Waals surface area contributed by atoms with E-state index in [0.29, 0.717) is 36.2 Å². The van der Waals surface area contributed by atoms with Gasteiger partial charge in [-0.1, -0.05) is 26.0 Å². The van der Waals surface area contributed by atoms with Crippen LogP contribution < -0.4 is 5.32 Å². The summed E-state index contributed by atoms with van der Waals surface area (Å²) in [5, 5.41) is 21.4. The van der Waals surface area contributed by atoms with E-state index >= 15 is 0 Å². The summed E-state index contributed by atoms with van der Waals surface area (Å²) in [6.45, 7) is 3.89. The van der Waals surface area contributed by atoms with E-state index in [-0.39, 0.29) is 6.42 Å². The maximum Gasteiger partial charge on any atom is 0.276 e. The minimum Gasteiger partial charge on any atom is -0.384 e. The largest absolute Gasteiger partial charge is 0.384 e. The van der Waals surface area contributed by atoms with Gasteiger partial charge in [0.2, 0.25) is 5.60 Å². The molecule has 0 fully saturated rings. The first kappa shape index (κ1) is 19.2. The lowest BCUT2D eigenvalue weighted by Crippen LogP contribution is -2.41. The fourth-order valence-electron chi connectivity index (χ4n) is 2.37. The van der Waals surface area contributed by atoms with Crippen molar-refractivity contribution in [2.24, 2.45) is 0 Å². The number of aryl methyl sites for hydroxylation is 2. The highest BCUT2D eigenvalue weighted by atomic mass is 19.3. The monoisotopic (exact) mass is 332 g/mol. The lowest BCUT2D eigenvalue weighted by atomic mass is 9.89. The molecule has 0 amide bonds. The van der Waals surface area contributed by atoms with E-state index in [1.165, 1.54) is 12.1 Å². The van der Waals surface area contributed by atoms with Crippen LogP contribution in [0.3, 0.4) is 0 Å². The number of nitrogens with zero attached hydrogens (tertiary/aromatic N) is 1. The first-order chi connectivity index (χ1) is 10.8. The Morgan fingerprint density at radius 2 is 1.61 bits per heavy atom. The average Bonchev–Trinajstić information content (AvgIpc) is 2.53. The molecule has 0 saturated carbocycles. The number of halogens is 4. The van der Waals surface area contributed by atoms with Crippen molar-refractivity contribution in [2.45, 2.75) is 51.6 Å². The van der Waals surface area contributed by atoms with E-state index in [0.717, 1.165) is 0 Å². The third-order valence-electron chi connectivity index (χ3n) is 3.73. The number of hydrogen-bond donors (Lipinski definition) is 2. The van der Waals surface area contributed by atoms with Crippen LogP contribution in [0.4, 0.5) is 23.2 Å². The fraction of sp³-hybridized carbons (Fsp3) is 0.562. The van der Waals surface area contributed by atoms with Crippen molar-refractivity contribution in [3.8, 4) is 6.07 Å². The number of benzene rings is 1. The molecule has 1 aromatic carbocycles. The Morgan fingerprint density at radius 3 is 1.96 bits per heavy atom. The zero-order valence-corrected chi connectivity index (χ0v) is 13.0. The Balaban J connectivity index is 3.40. The summed E-state index contributed by atoms with van der Waals surface area (Å²) in [6.07, 6.45) is -6.12. The predicted molar refractivity (Wildman–Crippen MR) is 79.8 cm³/mol. The quantitative estimate of drug-likeness (QED) is 0.561. The van der Waals surface area contributed by atoms with Crippen LogP contribution in [0.15, 0.2) is 12.1 Å². The topological polar surface area (TPSA) is 56.0 Å². The molecule has 0 aromatic heterocycles. The summed E-state index contributed by atoms with van der Waals surface area (Å²) in [7, 11) is 0. The lowest BCUT2D eigenvalue weighted by Gasteiger charge is -2.29. The van der Waals surface area contributed by atoms with Crippen molar-refractivity contribution < 1.29 is 22.7 Å². The molecule has 0 aliphatic rings. The van der Waals surface area contributed by atoms with Gasteiger partial charge >= 0.3 is 0 Å². The van der Waals surface area contributed by atoms with Gasteiger partial charge in [-0.3, -0.25) is 0 Å². The van der Waals surface area contributed by atoms with Crippen molar-refractivity contribution in [1.29, 1.82) is 5.26 Å². The van der Waals surface area contributed by atoms with Gasteiger partial charge in [0.25, 0.3) is 12.9 Å². The van der Waals surface area contributed by atoms with E-state index in [2.05, 4.69) is 5.32 Å². The highest BCUT2D eigenvalue weighted by Crippen LogP contribution is 2.38. The second kappa shape index (κ2) is 8.16. The van der Waals surface area contributed by atoms with Crippen molar-refractivity contribution >= 4 is 5.69 Å². The van der Waals surface area contributed by atoms with Gasteiger partial charge in [-0.25, -0.2) is 17.6 Å². The Kier molecular flexibility index (Phi) is 6.82. The predicted octanol–water partition coefficient (Wildman–Crippen LogP) is 3.85. The molecule has 7 heteroatoms. The number of aliphatic hydroxyl groups is 1. The average molecular weight is 332 g/mol. The Hall–Kier alpha value is -1.81. The molecule has 0 aliphatic carbocycles. The molecule has 0 spiro atoms. The van der Waals surface area contributed by atoms with Crippen LogP contribution in [0.25, 0.3) is 0 Å². The van der Waals surface area contributed by atoms with Gasteiger partial charge in [-0.15, -0.1) is 0 Å². The molecule has 0 bridgehead atoms. The summed E-state index contributed by atoms with van der Waals surface area (Å²) >= 11 is 0. The highest BCUT2D eigenvalue weighted by Gasteiger charge is 2.49. The minimum atomic E-state index is -3.60. The first-order valence-corrected chi connectivity index (χ1v) is 7.38. The summed E-state index contributed by atoms with van der Waals surface area (Å²) in [4.78, 5) is 0. The van der Waals surface area contributed by atoms with Gasteiger partial charge in [0.15, 0.2) is 0 Å². The normalized spacial score (nSPS) is 11.8. The summed E-state index contributed by atoms with van der Waals surface area (Å²) in [5.41, 5.74) is -2.21. The minimum absolute atomic E-state index is 0.256. The molecular formula is C16H20F4N2O. The van der Waals surface area contributed by atoms with Crippen LogP contribution >= 0.6 is 0 Å². The van der Waals surface area contributed by atoms with Gasteiger partial charge in [0, 0.05) is 12.2 Å². The van der Waals surface area contributed by atoms with Crippen LogP contribution in [0.1, 0.15) is 37.0 Å². The standard InChI is InChI=1S/C16H20F4N2O/c1-3-10-8-12(16(23,14(17)18)15(19)20)9-11(4-2)13(10)22-7-5-6-21/h8-9,14-15,22-23H,3-5,7H2,1-2H3. The molecule has 0 atom stereocenters. The Morgan fingerprint density at radius 1 is 1.13 bits per heavy atom. The second-order valence-electron chi connectivity index (χ2n) is 5.14. The molecular weight excluding hydrogens is 312 g/mol. The zero-order chi connectivity index (χ0) is 17.6. The number of hydrogen-bond acceptors (Lipinski definition) is 3. The third-order valence-corrected chi connectivity index (χ3v) is 3.73. The number of nitriles is 1. The fourth-order valence-corrected chi connectivity index (χ4v) is 2.37. The van der Waals surface area contributed by atoms with E-state index in [1.807, 2.05) is 6.07 Å². The second-order valence-corrected chi connectivity index (χ2v) is 5.14. The molecule has 3 nitrogen and oxygen atoms in total.